The average Bonchev–Trinajstić information content (AvgIpc) is 2.31. The van der Waals surface area contributed by atoms with Crippen LogP contribution in [0.1, 0.15) is 26.2 Å². The van der Waals surface area contributed by atoms with Crippen LogP contribution >= 0.6 is 0 Å². The highest BCUT2D eigenvalue weighted by Gasteiger charge is 2.58. The molecule has 0 spiro atoms. The van der Waals surface area contributed by atoms with Gasteiger partial charge in [-0.3, -0.25) is 4.79 Å². The summed E-state index contributed by atoms with van der Waals surface area (Å²) in [6.07, 6.45) is 0.754. The molecule has 0 aromatic rings. The third kappa shape index (κ3) is 0.990. The minimum absolute atomic E-state index is 0.175. The number of hydrogen-bond acceptors (Lipinski definition) is 4. The molecule has 0 aliphatic heterocycles. The van der Waals surface area contributed by atoms with E-state index in [-0.39, 0.29) is 12.8 Å². The number of aliphatic hydroxyl groups is 2. The number of hydrogen-bond donors (Lipinski definition) is 2. The minimum atomic E-state index is -1.98. The van der Waals surface area contributed by atoms with Gasteiger partial charge in [-0.1, -0.05) is 6.92 Å². The number of carbonyl (C=O) groups is 1. The van der Waals surface area contributed by atoms with Crippen molar-refractivity contribution >= 4 is 5.78 Å². The number of ketones is 1. The predicted octanol–water partition coefficient (Wildman–Crippen LogP) is -0.175. The van der Waals surface area contributed by atoms with E-state index in [1.807, 2.05) is 0 Å². The highest BCUT2D eigenvalue weighted by molar-refractivity contribution is 5.89. The van der Waals surface area contributed by atoms with Gasteiger partial charge in [0.1, 0.15) is 5.60 Å². The van der Waals surface area contributed by atoms with Gasteiger partial charge < -0.3 is 14.9 Å². The number of Topliss-reactive ketones (excluding diaryl/α,β-unsaturated/α-hetero) is 1. The highest BCUT2D eigenvalue weighted by Crippen LogP contribution is 2.39. The van der Waals surface area contributed by atoms with Crippen LogP contribution in [-0.4, -0.2) is 34.5 Å². The van der Waals surface area contributed by atoms with Crippen LogP contribution in [0.15, 0.2) is 0 Å². The molecule has 0 aromatic heterocycles. The largest absolute Gasteiger partial charge is 0.384 e. The van der Waals surface area contributed by atoms with E-state index in [2.05, 4.69) is 4.74 Å². The zero-order valence-electron chi connectivity index (χ0n) is 7.33. The van der Waals surface area contributed by atoms with Crippen molar-refractivity contribution in [3.8, 4) is 0 Å². The number of methoxy groups -OCH3 is 1. The van der Waals surface area contributed by atoms with Gasteiger partial charge in [0, 0.05) is 13.5 Å². The van der Waals surface area contributed by atoms with Crippen molar-refractivity contribution < 1.29 is 19.7 Å². The lowest BCUT2D eigenvalue weighted by Gasteiger charge is -2.34. The van der Waals surface area contributed by atoms with Crippen LogP contribution in [0.2, 0.25) is 0 Å². The SMILES string of the molecule is CC[C@]1(O)CCC(=O)[C@]1(O)OC. The van der Waals surface area contributed by atoms with Crippen LogP contribution in [0, 0.1) is 0 Å². The van der Waals surface area contributed by atoms with Crippen LogP contribution < -0.4 is 0 Å². The Labute approximate surface area is 71.2 Å². The van der Waals surface area contributed by atoms with Gasteiger partial charge in [-0.2, -0.15) is 0 Å². The Morgan fingerprint density at radius 3 is 2.50 bits per heavy atom. The van der Waals surface area contributed by atoms with Gasteiger partial charge in [-0.15, -0.1) is 0 Å². The van der Waals surface area contributed by atoms with Crippen molar-refractivity contribution in [3.63, 3.8) is 0 Å². The summed E-state index contributed by atoms with van der Waals surface area (Å²) in [7, 11) is 1.23. The number of rotatable bonds is 2. The fraction of sp³-hybridized carbons (Fsp3) is 0.875. The topological polar surface area (TPSA) is 66.8 Å². The van der Waals surface area contributed by atoms with Crippen molar-refractivity contribution in [2.75, 3.05) is 7.11 Å². The third-order valence-corrected chi connectivity index (χ3v) is 2.65. The van der Waals surface area contributed by atoms with E-state index < -0.39 is 17.2 Å². The summed E-state index contributed by atoms with van der Waals surface area (Å²) < 4.78 is 4.67. The molecule has 2 atom stereocenters. The van der Waals surface area contributed by atoms with E-state index in [9.17, 15) is 15.0 Å². The molecule has 0 unspecified atom stereocenters. The number of carbonyl (C=O) groups excluding carboxylic acids is 1. The fourth-order valence-electron chi connectivity index (χ4n) is 1.64. The van der Waals surface area contributed by atoms with Crippen LogP contribution in [0.25, 0.3) is 0 Å². The van der Waals surface area contributed by atoms with Gasteiger partial charge in [-0.25, -0.2) is 0 Å². The van der Waals surface area contributed by atoms with Crippen molar-refractivity contribution in [1.29, 1.82) is 0 Å². The van der Waals surface area contributed by atoms with Crippen LogP contribution in [0.4, 0.5) is 0 Å². The lowest BCUT2D eigenvalue weighted by Crippen LogP contribution is -2.55. The molecule has 0 saturated heterocycles. The Bertz CT molecular complexity index is 203. The maximum Gasteiger partial charge on any atom is 0.256 e. The fourth-order valence-corrected chi connectivity index (χ4v) is 1.64. The first kappa shape index (κ1) is 9.64. The molecule has 1 aliphatic carbocycles. The summed E-state index contributed by atoms with van der Waals surface area (Å²) in [6.45, 7) is 1.71. The van der Waals surface area contributed by atoms with Crippen molar-refractivity contribution in [3.05, 3.63) is 0 Å². The van der Waals surface area contributed by atoms with E-state index in [4.69, 9.17) is 0 Å². The molecule has 1 saturated carbocycles. The molecule has 0 heterocycles. The minimum Gasteiger partial charge on any atom is -0.384 e. The first-order chi connectivity index (χ1) is 5.50. The Morgan fingerprint density at radius 1 is 1.58 bits per heavy atom. The molecular formula is C8H14O4. The molecule has 4 nitrogen and oxygen atoms in total. The Balaban J connectivity index is 2.99. The van der Waals surface area contributed by atoms with Crippen LogP contribution in [0.3, 0.4) is 0 Å². The van der Waals surface area contributed by atoms with Gasteiger partial charge in [0.2, 0.25) is 0 Å². The Kier molecular flexibility index (Phi) is 2.25. The maximum atomic E-state index is 11.2. The molecular weight excluding hydrogens is 160 g/mol. The Hall–Kier alpha value is -0.450. The zero-order valence-corrected chi connectivity index (χ0v) is 7.33. The molecule has 12 heavy (non-hydrogen) atoms. The van der Waals surface area contributed by atoms with Crippen LogP contribution in [0.5, 0.6) is 0 Å². The van der Waals surface area contributed by atoms with Crippen LogP contribution in [-0.2, 0) is 9.53 Å². The summed E-state index contributed by atoms with van der Waals surface area (Å²) in [4.78, 5) is 11.2. The van der Waals surface area contributed by atoms with Gasteiger partial charge >= 0.3 is 0 Å². The zero-order chi connectivity index (χ0) is 9.41. The summed E-state index contributed by atoms with van der Waals surface area (Å²) in [6, 6.07) is 0. The molecule has 70 valence electrons. The quantitative estimate of drug-likeness (QED) is 0.570. The summed E-state index contributed by atoms with van der Waals surface area (Å²) in [5, 5.41) is 19.5. The molecule has 1 fully saturated rings. The molecule has 1 rings (SSSR count). The summed E-state index contributed by atoms with van der Waals surface area (Å²) in [5.41, 5.74) is -1.40. The van der Waals surface area contributed by atoms with E-state index in [1.165, 1.54) is 7.11 Å². The maximum absolute atomic E-state index is 11.2. The predicted molar refractivity (Wildman–Crippen MR) is 41.4 cm³/mol. The molecule has 0 radical (unpaired) electrons. The van der Waals surface area contributed by atoms with E-state index in [0.29, 0.717) is 6.42 Å². The van der Waals surface area contributed by atoms with Gasteiger partial charge in [0.05, 0.1) is 0 Å². The normalized spacial score (nSPS) is 42.2. The molecule has 2 N–H and O–H groups in total. The third-order valence-electron chi connectivity index (χ3n) is 2.65. The molecule has 4 heteroatoms. The molecule has 0 aromatic carbocycles. The second-order valence-corrected chi connectivity index (χ2v) is 3.16. The monoisotopic (exact) mass is 174 g/mol. The highest BCUT2D eigenvalue weighted by atomic mass is 16.6. The van der Waals surface area contributed by atoms with E-state index >= 15 is 0 Å². The standard InChI is InChI=1S/C8H14O4/c1-3-7(10)5-4-6(9)8(7,11)12-2/h10-11H,3-5H2,1-2H3/t7-,8-/m0/s1. The summed E-state index contributed by atoms with van der Waals surface area (Å²) >= 11 is 0. The number of ether oxygens (including phenoxy) is 1. The first-order valence-corrected chi connectivity index (χ1v) is 4.03. The molecule has 0 bridgehead atoms. The van der Waals surface area contributed by atoms with E-state index in [1.54, 1.807) is 6.92 Å². The summed E-state index contributed by atoms with van der Waals surface area (Å²) in [5.74, 6) is -2.42. The van der Waals surface area contributed by atoms with E-state index in [0.717, 1.165) is 0 Å². The lowest BCUT2D eigenvalue weighted by molar-refractivity contribution is -0.258. The van der Waals surface area contributed by atoms with Crippen molar-refractivity contribution in [1.82, 2.24) is 0 Å². The van der Waals surface area contributed by atoms with Gasteiger partial charge in [0.15, 0.2) is 5.78 Å². The second-order valence-electron chi connectivity index (χ2n) is 3.16. The van der Waals surface area contributed by atoms with Gasteiger partial charge in [-0.05, 0) is 12.8 Å². The second kappa shape index (κ2) is 2.80. The first-order valence-electron chi connectivity index (χ1n) is 4.03. The lowest BCUT2D eigenvalue weighted by atomic mass is 9.93. The van der Waals surface area contributed by atoms with Crippen molar-refractivity contribution in [2.24, 2.45) is 0 Å². The molecule has 0 amide bonds. The van der Waals surface area contributed by atoms with Crippen molar-refractivity contribution in [2.45, 2.75) is 37.6 Å². The average molecular weight is 174 g/mol. The molecule has 1 aliphatic rings. The Morgan fingerprint density at radius 2 is 2.17 bits per heavy atom. The smallest absolute Gasteiger partial charge is 0.256 e. The van der Waals surface area contributed by atoms with Gasteiger partial charge in [0.25, 0.3) is 5.79 Å².